The molecule has 0 fully saturated rings. The second kappa shape index (κ2) is 4.97. The van der Waals surface area contributed by atoms with E-state index in [4.69, 9.17) is 11.5 Å². The van der Waals surface area contributed by atoms with Crippen molar-refractivity contribution in [2.24, 2.45) is 5.73 Å². The van der Waals surface area contributed by atoms with E-state index in [0.29, 0.717) is 11.4 Å². The zero-order chi connectivity index (χ0) is 14.0. The summed E-state index contributed by atoms with van der Waals surface area (Å²) < 4.78 is 13.2. The largest absolute Gasteiger partial charge is 0.396 e. The molecule has 0 unspecified atom stereocenters. The van der Waals surface area contributed by atoms with Gasteiger partial charge in [-0.3, -0.25) is 4.79 Å². The molecule has 98 valence electrons. The van der Waals surface area contributed by atoms with Crippen LogP contribution in [0.1, 0.15) is 10.4 Å². The Balaban J connectivity index is 2.47. The third-order valence-corrected chi connectivity index (χ3v) is 2.91. The van der Waals surface area contributed by atoms with Crippen LogP contribution in [0.25, 0.3) is 0 Å². The van der Waals surface area contributed by atoms with Gasteiger partial charge in [-0.15, -0.1) is 0 Å². The number of nitrogen functional groups attached to an aromatic ring is 1. The first-order valence-corrected chi connectivity index (χ1v) is 5.68. The summed E-state index contributed by atoms with van der Waals surface area (Å²) in [4.78, 5) is 13.0. The molecule has 0 aliphatic rings. The molecular formula is C14H14FN3O. The van der Waals surface area contributed by atoms with Crippen LogP contribution < -0.4 is 16.4 Å². The number of anilines is 3. The van der Waals surface area contributed by atoms with Crippen LogP contribution in [0.15, 0.2) is 42.5 Å². The van der Waals surface area contributed by atoms with E-state index in [2.05, 4.69) is 0 Å². The van der Waals surface area contributed by atoms with Crippen molar-refractivity contribution < 1.29 is 9.18 Å². The number of para-hydroxylation sites is 1. The van der Waals surface area contributed by atoms with E-state index in [1.54, 1.807) is 42.3 Å². The zero-order valence-electron chi connectivity index (χ0n) is 10.4. The molecule has 2 aromatic carbocycles. The minimum absolute atomic E-state index is 0.251. The zero-order valence-corrected chi connectivity index (χ0v) is 10.4. The van der Waals surface area contributed by atoms with Crippen LogP contribution in [-0.2, 0) is 0 Å². The number of nitrogens with two attached hydrogens (primary N) is 2. The van der Waals surface area contributed by atoms with Gasteiger partial charge in [-0.05, 0) is 30.3 Å². The lowest BCUT2D eigenvalue weighted by Crippen LogP contribution is -2.17. The second-order valence-electron chi connectivity index (χ2n) is 4.14. The highest BCUT2D eigenvalue weighted by Crippen LogP contribution is 2.31. The fourth-order valence-electron chi connectivity index (χ4n) is 1.88. The Morgan fingerprint density at radius 3 is 2.53 bits per heavy atom. The first-order valence-electron chi connectivity index (χ1n) is 5.68. The second-order valence-corrected chi connectivity index (χ2v) is 4.14. The number of carbonyl (C=O) groups excluding carboxylic acids is 1. The van der Waals surface area contributed by atoms with Gasteiger partial charge in [-0.25, -0.2) is 4.39 Å². The van der Waals surface area contributed by atoms with Crippen LogP contribution in [0, 0.1) is 5.82 Å². The maximum Gasteiger partial charge on any atom is 0.250 e. The normalized spacial score (nSPS) is 10.2. The number of nitrogens with zero attached hydrogens (tertiary/aromatic N) is 1. The van der Waals surface area contributed by atoms with Gasteiger partial charge >= 0.3 is 0 Å². The fraction of sp³-hybridized carbons (Fsp3) is 0.0714. The third kappa shape index (κ3) is 2.49. The van der Waals surface area contributed by atoms with Crippen molar-refractivity contribution in [3.8, 4) is 0 Å². The van der Waals surface area contributed by atoms with Crippen molar-refractivity contribution in [3.05, 3.63) is 53.8 Å². The average molecular weight is 259 g/mol. The summed E-state index contributed by atoms with van der Waals surface area (Å²) in [5.41, 5.74) is 12.9. The lowest BCUT2D eigenvalue weighted by molar-refractivity contribution is 0.100. The maximum absolute atomic E-state index is 13.2. The van der Waals surface area contributed by atoms with E-state index in [9.17, 15) is 9.18 Å². The lowest BCUT2D eigenvalue weighted by Gasteiger charge is -2.22. The first-order chi connectivity index (χ1) is 9.00. The first kappa shape index (κ1) is 12.9. The Kier molecular flexibility index (Phi) is 3.37. The summed E-state index contributed by atoms with van der Waals surface area (Å²) in [7, 11) is 1.74. The Hall–Kier alpha value is -2.56. The highest BCUT2D eigenvalue weighted by Gasteiger charge is 2.13. The minimum atomic E-state index is -0.591. The highest BCUT2D eigenvalue weighted by atomic mass is 19.1. The van der Waals surface area contributed by atoms with Crippen LogP contribution in [-0.4, -0.2) is 13.0 Å². The quantitative estimate of drug-likeness (QED) is 0.830. The molecule has 4 nitrogen and oxygen atoms in total. The predicted molar refractivity (Wildman–Crippen MR) is 73.8 cm³/mol. The molecule has 0 bridgehead atoms. The monoisotopic (exact) mass is 259 g/mol. The van der Waals surface area contributed by atoms with Crippen LogP contribution in [0.2, 0.25) is 0 Å². The molecule has 0 spiro atoms. The SMILES string of the molecule is CN(c1cccc(F)c1)c1cccc(C(N)=O)c1N. The van der Waals surface area contributed by atoms with Gasteiger partial charge in [-0.1, -0.05) is 12.1 Å². The number of amides is 1. The van der Waals surface area contributed by atoms with Gasteiger partial charge in [-0.2, -0.15) is 0 Å². The van der Waals surface area contributed by atoms with Crippen molar-refractivity contribution in [1.29, 1.82) is 0 Å². The summed E-state index contributed by atoms with van der Waals surface area (Å²) in [6.07, 6.45) is 0. The van der Waals surface area contributed by atoms with Crippen molar-refractivity contribution in [1.82, 2.24) is 0 Å². The van der Waals surface area contributed by atoms with Crippen LogP contribution in [0.3, 0.4) is 0 Å². The Morgan fingerprint density at radius 1 is 1.21 bits per heavy atom. The summed E-state index contributed by atoms with van der Waals surface area (Å²) in [5.74, 6) is -0.930. The summed E-state index contributed by atoms with van der Waals surface area (Å²) >= 11 is 0. The number of benzene rings is 2. The number of carbonyl (C=O) groups is 1. The maximum atomic E-state index is 13.2. The molecule has 0 aliphatic carbocycles. The number of hydrogen-bond donors (Lipinski definition) is 2. The molecule has 0 aromatic heterocycles. The number of hydrogen-bond acceptors (Lipinski definition) is 3. The third-order valence-electron chi connectivity index (χ3n) is 2.91. The van der Waals surface area contributed by atoms with Gasteiger partial charge in [0.15, 0.2) is 0 Å². The van der Waals surface area contributed by atoms with Gasteiger partial charge in [0, 0.05) is 12.7 Å². The van der Waals surface area contributed by atoms with Crippen LogP contribution >= 0.6 is 0 Å². The van der Waals surface area contributed by atoms with E-state index >= 15 is 0 Å². The van der Waals surface area contributed by atoms with Crippen molar-refractivity contribution in [3.63, 3.8) is 0 Å². The smallest absolute Gasteiger partial charge is 0.250 e. The van der Waals surface area contributed by atoms with E-state index in [0.717, 1.165) is 0 Å². The van der Waals surface area contributed by atoms with E-state index in [1.165, 1.54) is 12.1 Å². The van der Waals surface area contributed by atoms with Crippen LogP contribution in [0.4, 0.5) is 21.5 Å². The average Bonchev–Trinajstić information content (AvgIpc) is 2.38. The van der Waals surface area contributed by atoms with E-state index < -0.39 is 5.91 Å². The van der Waals surface area contributed by atoms with Crippen molar-refractivity contribution >= 4 is 23.0 Å². The molecule has 19 heavy (non-hydrogen) atoms. The molecule has 4 N–H and O–H groups in total. The molecule has 0 heterocycles. The Morgan fingerprint density at radius 2 is 1.89 bits per heavy atom. The molecule has 0 radical (unpaired) electrons. The molecule has 0 saturated carbocycles. The fourth-order valence-corrected chi connectivity index (χ4v) is 1.88. The van der Waals surface area contributed by atoms with E-state index in [-0.39, 0.29) is 17.1 Å². The summed E-state index contributed by atoms with van der Waals surface area (Å²) in [6, 6.07) is 11.1. The summed E-state index contributed by atoms with van der Waals surface area (Å²) in [6.45, 7) is 0. The minimum Gasteiger partial charge on any atom is -0.396 e. The van der Waals surface area contributed by atoms with Gasteiger partial charge in [0.2, 0.25) is 0 Å². The highest BCUT2D eigenvalue weighted by molar-refractivity contribution is 6.01. The molecule has 0 atom stereocenters. The van der Waals surface area contributed by atoms with Gasteiger partial charge < -0.3 is 16.4 Å². The number of primary amides is 1. The van der Waals surface area contributed by atoms with Gasteiger partial charge in [0.05, 0.1) is 16.9 Å². The predicted octanol–water partition coefficient (Wildman–Crippen LogP) is 2.27. The Labute approximate surface area is 110 Å². The van der Waals surface area contributed by atoms with Gasteiger partial charge in [0.1, 0.15) is 5.82 Å². The summed E-state index contributed by atoms with van der Waals surface area (Å²) in [5, 5.41) is 0. The van der Waals surface area contributed by atoms with E-state index in [1.807, 2.05) is 0 Å². The molecular weight excluding hydrogens is 245 g/mol. The molecule has 2 rings (SSSR count). The van der Waals surface area contributed by atoms with Crippen molar-refractivity contribution in [2.75, 3.05) is 17.7 Å². The molecule has 2 aromatic rings. The van der Waals surface area contributed by atoms with Crippen molar-refractivity contribution in [2.45, 2.75) is 0 Å². The topological polar surface area (TPSA) is 72.3 Å². The number of halogens is 1. The van der Waals surface area contributed by atoms with Gasteiger partial charge in [0.25, 0.3) is 5.91 Å². The molecule has 0 saturated heterocycles. The lowest BCUT2D eigenvalue weighted by atomic mass is 10.1. The Bertz CT molecular complexity index is 628. The molecule has 1 amide bonds. The molecule has 5 heteroatoms. The van der Waals surface area contributed by atoms with Crippen LogP contribution in [0.5, 0.6) is 0 Å². The standard InChI is InChI=1S/C14H14FN3O/c1-18(10-5-2-4-9(15)8-10)12-7-3-6-11(13(12)16)14(17)19/h2-8H,16H2,1H3,(H2,17,19). The molecule has 0 aliphatic heterocycles. The number of rotatable bonds is 3.